The van der Waals surface area contributed by atoms with Gasteiger partial charge in [0, 0.05) is 5.02 Å². The van der Waals surface area contributed by atoms with Gasteiger partial charge in [0.2, 0.25) is 10.0 Å². The molecule has 3 rings (SSSR count). The number of carbonyl (C=O) groups excluding carboxylic acids is 1. The van der Waals surface area contributed by atoms with E-state index in [-0.39, 0.29) is 11.4 Å². The second-order valence-corrected chi connectivity index (χ2v) is 9.74. The van der Waals surface area contributed by atoms with E-state index in [9.17, 15) is 13.2 Å². The van der Waals surface area contributed by atoms with Crippen LogP contribution in [0.4, 0.5) is 0 Å². The Bertz CT molecular complexity index is 1220. The Morgan fingerprint density at radius 2 is 1.94 bits per heavy atom. The highest BCUT2D eigenvalue weighted by Gasteiger charge is 2.19. The number of nitrogens with zero attached hydrogens (tertiary/aromatic N) is 3. The van der Waals surface area contributed by atoms with Crippen LogP contribution in [-0.2, 0) is 16.6 Å². The fourth-order valence-corrected chi connectivity index (χ4v) is 4.53. The van der Waals surface area contributed by atoms with Crippen molar-refractivity contribution in [3.05, 3.63) is 52.4 Å². The molecular formula is C22H27ClN4O4S. The molecule has 0 radical (unpaired) electrons. The third kappa shape index (κ3) is 5.77. The number of benzene rings is 1. The number of fused-ring (bicyclic) bond motifs is 1. The molecule has 0 aliphatic rings. The summed E-state index contributed by atoms with van der Waals surface area (Å²) in [7, 11) is -3.71. The maximum absolute atomic E-state index is 12.5. The zero-order valence-corrected chi connectivity index (χ0v) is 20.0. The van der Waals surface area contributed by atoms with Gasteiger partial charge in [-0.2, -0.15) is 0 Å². The number of pyridine rings is 1. The molecule has 1 aromatic carbocycles. The molecule has 1 amide bonds. The monoisotopic (exact) mass is 478 g/mol. The average Bonchev–Trinajstić information content (AvgIpc) is 3.06. The lowest BCUT2D eigenvalue weighted by Crippen LogP contribution is -2.33. The molecule has 32 heavy (non-hydrogen) atoms. The Hall–Kier alpha value is -2.65. The lowest BCUT2D eigenvalue weighted by Gasteiger charge is -2.11. The molecule has 3 aromatic rings. The maximum atomic E-state index is 12.5. The zero-order valence-electron chi connectivity index (χ0n) is 18.4. The standard InChI is InChI=1S/C22H27ClN4O4S/c1-4-6-12-32(29,30)26-22(28)20-10-9-19-21(25-20)27(15(3)24-19)14-16-7-8-17(13-18(16)23)31-11-5-2/h7-10,13H,4-6,11-12,14H2,1-3H3,(H,26,28). The zero-order chi connectivity index (χ0) is 23.3. The normalized spacial score (nSPS) is 11.6. The van der Waals surface area contributed by atoms with Gasteiger partial charge in [0.05, 0.1) is 18.9 Å². The van der Waals surface area contributed by atoms with Crippen LogP contribution < -0.4 is 9.46 Å². The molecule has 8 nitrogen and oxygen atoms in total. The minimum atomic E-state index is -3.71. The van der Waals surface area contributed by atoms with Crippen molar-refractivity contribution >= 4 is 38.7 Å². The summed E-state index contributed by atoms with van der Waals surface area (Å²) >= 11 is 6.46. The largest absolute Gasteiger partial charge is 0.494 e. The number of halogens is 1. The minimum Gasteiger partial charge on any atom is -0.494 e. The Balaban J connectivity index is 1.87. The number of amides is 1. The molecule has 0 spiro atoms. The van der Waals surface area contributed by atoms with Gasteiger partial charge in [0.1, 0.15) is 22.8 Å². The fourth-order valence-electron chi connectivity index (χ4n) is 3.15. The van der Waals surface area contributed by atoms with Crippen molar-refractivity contribution < 1.29 is 17.9 Å². The summed E-state index contributed by atoms with van der Waals surface area (Å²) in [5.74, 6) is 0.534. The van der Waals surface area contributed by atoms with Gasteiger partial charge in [-0.15, -0.1) is 0 Å². The molecule has 172 valence electrons. The number of sulfonamides is 1. The van der Waals surface area contributed by atoms with Crippen molar-refractivity contribution in [3.63, 3.8) is 0 Å². The number of unbranched alkanes of at least 4 members (excludes halogenated alkanes) is 1. The van der Waals surface area contributed by atoms with Crippen LogP contribution >= 0.6 is 11.6 Å². The SMILES string of the molecule is CCCCS(=O)(=O)NC(=O)c1ccc2nc(C)n(Cc3ccc(OCCC)cc3Cl)c2n1. The first kappa shape index (κ1) is 24.0. The van der Waals surface area contributed by atoms with Gasteiger partial charge in [-0.3, -0.25) is 4.79 Å². The third-order valence-corrected chi connectivity index (χ3v) is 6.53. The Labute approximate surface area is 193 Å². The summed E-state index contributed by atoms with van der Waals surface area (Å²) in [6, 6.07) is 8.64. The quantitative estimate of drug-likeness (QED) is 0.470. The number of hydrogen-bond acceptors (Lipinski definition) is 6. The van der Waals surface area contributed by atoms with Crippen LogP contribution in [0, 0.1) is 6.92 Å². The van der Waals surface area contributed by atoms with Crippen LogP contribution in [0.1, 0.15) is 55.0 Å². The molecule has 0 aliphatic carbocycles. The van der Waals surface area contributed by atoms with E-state index in [1.807, 2.05) is 37.5 Å². The van der Waals surface area contributed by atoms with E-state index in [0.29, 0.717) is 53.8 Å². The lowest BCUT2D eigenvalue weighted by atomic mass is 10.2. The molecule has 10 heteroatoms. The van der Waals surface area contributed by atoms with Gasteiger partial charge in [0.15, 0.2) is 5.65 Å². The number of hydrogen-bond donors (Lipinski definition) is 1. The van der Waals surface area contributed by atoms with Gasteiger partial charge >= 0.3 is 0 Å². The molecule has 0 bridgehead atoms. The molecule has 1 N–H and O–H groups in total. The number of aromatic nitrogens is 3. The summed E-state index contributed by atoms with van der Waals surface area (Å²) in [4.78, 5) is 21.4. The average molecular weight is 479 g/mol. The van der Waals surface area contributed by atoms with Gasteiger partial charge in [-0.05, 0) is 49.6 Å². The highest BCUT2D eigenvalue weighted by molar-refractivity contribution is 7.90. The van der Waals surface area contributed by atoms with Gasteiger partial charge < -0.3 is 9.30 Å². The first-order valence-corrected chi connectivity index (χ1v) is 12.6. The van der Waals surface area contributed by atoms with Crippen LogP contribution in [0.5, 0.6) is 5.75 Å². The van der Waals surface area contributed by atoms with E-state index < -0.39 is 15.9 Å². The second-order valence-electron chi connectivity index (χ2n) is 7.49. The van der Waals surface area contributed by atoms with Crippen molar-refractivity contribution in [2.24, 2.45) is 0 Å². The van der Waals surface area contributed by atoms with Crippen molar-refractivity contribution in [2.45, 2.75) is 46.6 Å². The van der Waals surface area contributed by atoms with Gasteiger partial charge in [-0.25, -0.2) is 23.1 Å². The summed E-state index contributed by atoms with van der Waals surface area (Å²) < 4.78 is 33.7. The Kier molecular flexibility index (Phi) is 7.73. The highest BCUT2D eigenvalue weighted by atomic mass is 35.5. The predicted molar refractivity (Wildman–Crippen MR) is 125 cm³/mol. The van der Waals surface area contributed by atoms with E-state index in [1.165, 1.54) is 6.07 Å². The molecule has 0 atom stereocenters. The first-order valence-electron chi connectivity index (χ1n) is 10.5. The molecule has 0 saturated heterocycles. The molecular weight excluding hydrogens is 452 g/mol. The van der Waals surface area contributed by atoms with Crippen LogP contribution in [-0.4, -0.2) is 41.2 Å². The molecule has 0 saturated carbocycles. The summed E-state index contributed by atoms with van der Waals surface area (Å²) in [5.41, 5.74) is 1.93. The summed E-state index contributed by atoms with van der Waals surface area (Å²) in [6.45, 7) is 6.76. The summed E-state index contributed by atoms with van der Waals surface area (Å²) in [6.07, 6.45) is 2.09. The second kappa shape index (κ2) is 10.3. The van der Waals surface area contributed by atoms with Crippen LogP contribution in [0.3, 0.4) is 0 Å². The van der Waals surface area contributed by atoms with Crippen LogP contribution in [0.25, 0.3) is 11.2 Å². The molecule has 2 aromatic heterocycles. The number of ether oxygens (including phenoxy) is 1. The molecule has 0 aliphatic heterocycles. The van der Waals surface area contributed by atoms with Crippen LogP contribution in [0.2, 0.25) is 5.02 Å². The Morgan fingerprint density at radius 1 is 1.16 bits per heavy atom. The van der Waals surface area contributed by atoms with Crippen LogP contribution in [0.15, 0.2) is 30.3 Å². The topological polar surface area (TPSA) is 103 Å². The Morgan fingerprint density at radius 3 is 2.62 bits per heavy atom. The van der Waals surface area contributed by atoms with Crippen molar-refractivity contribution in [3.8, 4) is 5.75 Å². The van der Waals surface area contributed by atoms with Crippen molar-refractivity contribution in [2.75, 3.05) is 12.4 Å². The van der Waals surface area contributed by atoms with E-state index in [4.69, 9.17) is 16.3 Å². The van der Waals surface area contributed by atoms with E-state index in [1.54, 1.807) is 12.1 Å². The minimum absolute atomic E-state index is 0.00753. The van der Waals surface area contributed by atoms with E-state index in [0.717, 1.165) is 12.0 Å². The lowest BCUT2D eigenvalue weighted by molar-refractivity contribution is 0.0977. The predicted octanol–water partition coefficient (Wildman–Crippen LogP) is 4.09. The number of nitrogens with one attached hydrogen (secondary N) is 1. The molecule has 0 fully saturated rings. The number of aryl methyl sites for hydroxylation is 1. The fraction of sp³-hybridized carbons (Fsp3) is 0.409. The van der Waals surface area contributed by atoms with Crippen molar-refractivity contribution in [1.29, 1.82) is 0 Å². The van der Waals surface area contributed by atoms with E-state index in [2.05, 4.69) is 14.7 Å². The maximum Gasteiger partial charge on any atom is 0.283 e. The molecule has 0 unspecified atom stereocenters. The third-order valence-electron chi connectivity index (χ3n) is 4.86. The van der Waals surface area contributed by atoms with Crippen molar-refractivity contribution in [1.82, 2.24) is 19.3 Å². The highest BCUT2D eigenvalue weighted by Crippen LogP contribution is 2.25. The number of carbonyl (C=O) groups is 1. The molecule has 2 heterocycles. The number of imidazole rings is 1. The van der Waals surface area contributed by atoms with Gasteiger partial charge in [0.25, 0.3) is 5.91 Å². The summed E-state index contributed by atoms with van der Waals surface area (Å²) in [5, 5.41) is 0.552. The smallest absolute Gasteiger partial charge is 0.283 e. The number of rotatable bonds is 10. The van der Waals surface area contributed by atoms with E-state index >= 15 is 0 Å². The first-order chi connectivity index (χ1) is 15.2. The van der Waals surface area contributed by atoms with Gasteiger partial charge in [-0.1, -0.05) is 37.9 Å².